The molecule has 0 saturated carbocycles. The lowest BCUT2D eigenvalue weighted by Crippen LogP contribution is -1.82. The van der Waals surface area contributed by atoms with Crippen LogP contribution in [-0.2, 0) is 0 Å². The van der Waals surface area contributed by atoms with E-state index < -0.39 is 0 Å². The number of hydrogen-bond acceptors (Lipinski definition) is 1. The third-order valence-electron chi connectivity index (χ3n) is 6.33. The predicted octanol–water partition coefficient (Wildman–Crippen LogP) is 7.15. The highest BCUT2D eigenvalue weighted by molar-refractivity contribution is 6.26. The van der Waals surface area contributed by atoms with Gasteiger partial charge in [-0.25, -0.2) is 0 Å². The van der Waals surface area contributed by atoms with Crippen molar-refractivity contribution in [2.45, 2.75) is 0 Å². The van der Waals surface area contributed by atoms with Gasteiger partial charge in [0.1, 0.15) is 5.75 Å². The van der Waals surface area contributed by atoms with Crippen LogP contribution < -0.4 is 4.74 Å². The van der Waals surface area contributed by atoms with Crippen LogP contribution in [0.25, 0.3) is 59.6 Å². The quantitative estimate of drug-likeness (QED) is 0.299. The lowest BCUT2D eigenvalue weighted by atomic mass is 10.0. The number of fused-ring (bicyclic) bond motifs is 8. The zero-order chi connectivity index (χ0) is 19.1. The van der Waals surface area contributed by atoms with Gasteiger partial charge in [0, 0.05) is 21.5 Å². The summed E-state index contributed by atoms with van der Waals surface area (Å²) in [6, 6.07) is 30.8. The summed E-state index contributed by atoms with van der Waals surface area (Å²) in [6.07, 6.45) is 0. The number of hydrogen-bond donors (Lipinski definition) is 0. The van der Waals surface area contributed by atoms with Gasteiger partial charge in [0.25, 0.3) is 0 Å². The first-order valence-corrected chi connectivity index (χ1v) is 9.90. The van der Waals surface area contributed by atoms with E-state index in [1.54, 1.807) is 7.11 Å². The van der Waals surface area contributed by atoms with E-state index in [4.69, 9.17) is 4.74 Å². The summed E-state index contributed by atoms with van der Waals surface area (Å²) in [4.78, 5) is 0. The maximum Gasteiger partial charge on any atom is 0.120 e. The largest absolute Gasteiger partial charge is 0.497 e. The summed E-state index contributed by atoms with van der Waals surface area (Å²) in [5, 5.41) is 10.1. The smallest absolute Gasteiger partial charge is 0.120 e. The Morgan fingerprint density at radius 1 is 0.552 bits per heavy atom. The highest BCUT2D eigenvalue weighted by atomic mass is 16.5. The Morgan fingerprint density at radius 2 is 1.00 bits per heavy atom. The number of aromatic nitrogens is 1. The second kappa shape index (κ2) is 5.18. The fraction of sp³-hybridized carbons (Fsp3) is 0.0370. The van der Waals surface area contributed by atoms with Crippen LogP contribution in [0, 0.1) is 0 Å². The van der Waals surface area contributed by atoms with Crippen molar-refractivity contribution >= 4 is 59.6 Å². The molecule has 7 aromatic rings. The maximum atomic E-state index is 5.69. The van der Waals surface area contributed by atoms with Gasteiger partial charge in [0.2, 0.25) is 0 Å². The molecular formula is C27H17NO. The lowest BCUT2D eigenvalue weighted by Gasteiger charge is -2.04. The molecule has 2 nitrogen and oxygen atoms in total. The molecule has 0 spiro atoms. The monoisotopic (exact) mass is 371 g/mol. The van der Waals surface area contributed by atoms with E-state index in [-0.39, 0.29) is 0 Å². The van der Waals surface area contributed by atoms with Gasteiger partial charge in [-0.05, 0) is 57.9 Å². The minimum atomic E-state index is 0.903. The molecule has 2 heterocycles. The molecule has 5 aromatic carbocycles. The van der Waals surface area contributed by atoms with Gasteiger partial charge in [-0.1, -0.05) is 48.5 Å². The minimum Gasteiger partial charge on any atom is -0.497 e. The van der Waals surface area contributed by atoms with Gasteiger partial charge in [0.05, 0.1) is 23.7 Å². The minimum absolute atomic E-state index is 0.903. The van der Waals surface area contributed by atoms with Crippen LogP contribution in [0.1, 0.15) is 0 Å². The molecule has 0 fully saturated rings. The molecule has 2 aromatic heterocycles. The average Bonchev–Trinajstić information content (AvgIpc) is 3.26. The molecule has 0 saturated heterocycles. The predicted molar refractivity (Wildman–Crippen MR) is 123 cm³/mol. The zero-order valence-electron chi connectivity index (χ0n) is 15.9. The SMILES string of the molecule is COc1cc2c3cc4ccccc4cc3n3c4cc5ccccc5cc4c(c1)c23. The van der Waals surface area contributed by atoms with Gasteiger partial charge in [-0.15, -0.1) is 0 Å². The number of benzene rings is 5. The van der Waals surface area contributed by atoms with E-state index in [0.29, 0.717) is 0 Å². The first-order valence-electron chi connectivity index (χ1n) is 9.90. The van der Waals surface area contributed by atoms with Crippen molar-refractivity contribution in [3.63, 3.8) is 0 Å². The van der Waals surface area contributed by atoms with Gasteiger partial charge in [-0.2, -0.15) is 0 Å². The van der Waals surface area contributed by atoms with Crippen LogP contribution >= 0.6 is 0 Å². The van der Waals surface area contributed by atoms with Crippen molar-refractivity contribution in [2.24, 2.45) is 0 Å². The first kappa shape index (κ1) is 15.2. The van der Waals surface area contributed by atoms with Gasteiger partial charge in [-0.3, -0.25) is 0 Å². The third-order valence-corrected chi connectivity index (χ3v) is 6.33. The second-order valence-electron chi connectivity index (χ2n) is 7.84. The Morgan fingerprint density at radius 3 is 1.45 bits per heavy atom. The Balaban J connectivity index is 1.83. The van der Waals surface area contributed by atoms with E-state index in [1.165, 1.54) is 59.6 Å². The summed E-state index contributed by atoms with van der Waals surface area (Å²) in [7, 11) is 1.75. The number of nitrogens with zero attached hydrogens (tertiary/aromatic N) is 1. The van der Waals surface area contributed by atoms with Crippen LogP contribution in [0.2, 0.25) is 0 Å². The molecule has 7 rings (SSSR count). The van der Waals surface area contributed by atoms with Crippen LogP contribution in [-0.4, -0.2) is 11.5 Å². The third kappa shape index (κ3) is 1.86. The van der Waals surface area contributed by atoms with Crippen LogP contribution in [0.15, 0.2) is 84.9 Å². The van der Waals surface area contributed by atoms with Crippen molar-refractivity contribution in [1.29, 1.82) is 0 Å². The van der Waals surface area contributed by atoms with E-state index in [1.807, 2.05) is 0 Å². The maximum absolute atomic E-state index is 5.69. The Hall–Kier alpha value is -3.78. The molecule has 2 heteroatoms. The highest BCUT2D eigenvalue weighted by Gasteiger charge is 2.19. The van der Waals surface area contributed by atoms with E-state index in [2.05, 4.69) is 89.3 Å². The van der Waals surface area contributed by atoms with Gasteiger partial charge in [0.15, 0.2) is 0 Å². The van der Waals surface area contributed by atoms with Crippen molar-refractivity contribution in [3.05, 3.63) is 84.9 Å². The van der Waals surface area contributed by atoms with Crippen molar-refractivity contribution in [2.75, 3.05) is 7.11 Å². The Labute approximate surface area is 166 Å². The average molecular weight is 371 g/mol. The molecule has 0 bridgehead atoms. The summed E-state index contributed by atoms with van der Waals surface area (Å²) in [6.45, 7) is 0. The van der Waals surface area contributed by atoms with Crippen molar-refractivity contribution in [3.8, 4) is 5.75 Å². The summed E-state index contributed by atoms with van der Waals surface area (Å²) < 4.78 is 8.13. The van der Waals surface area contributed by atoms with Crippen molar-refractivity contribution in [1.82, 2.24) is 4.40 Å². The van der Waals surface area contributed by atoms with Crippen LogP contribution in [0.5, 0.6) is 5.75 Å². The number of methoxy groups -OCH3 is 1. The summed E-state index contributed by atoms with van der Waals surface area (Å²) in [5.74, 6) is 0.903. The molecule has 0 aliphatic carbocycles. The normalized spacial score (nSPS) is 12.3. The lowest BCUT2D eigenvalue weighted by molar-refractivity contribution is 0.416. The molecule has 136 valence electrons. The van der Waals surface area contributed by atoms with Crippen molar-refractivity contribution < 1.29 is 4.74 Å². The molecule has 0 aliphatic heterocycles. The Kier molecular flexibility index (Phi) is 2.71. The molecule has 0 aliphatic rings. The number of rotatable bonds is 1. The highest BCUT2D eigenvalue weighted by Crippen LogP contribution is 2.43. The summed E-state index contributed by atoms with van der Waals surface area (Å²) >= 11 is 0. The van der Waals surface area contributed by atoms with E-state index >= 15 is 0 Å². The fourth-order valence-electron chi connectivity index (χ4n) is 5.01. The van der Waals surface area contributed by atoms with Gasteiger partial charge < -0.3 is 9.14 Å². The molecule has 0 N–H and O–H groups in total. The molecule has 0 atom stereocenters. The molecule has 29 heavy (non-hydrogen) atoms. The first-order chi connectivity index (χ1) is 14.3. The fourth-order valence-corrected chi connectivity index (χ4v) is 5.01. The molecule has 0 unspecified atom stereocenters. The second-order valence-corrected chi connectivity index (χ2v) is 7.84. The number of ether oxygens (including phenoxy) is 1. The van der Waals surface area contributed by atoms with E-state index in [9.17, 15) is 0 Å². The topological polar surface area (TPSA) is 13.6 Å². The van der Waals surface area contributed by atoms with Crippen LogP contribution in [0.4, 0.5) is 0 Å². The molecule has 0 amide bonds. The summed E-state index contributed by atoms with van der Waals surface area (Å²) in [5.41, 5.74) is 3.78. The molecular weight excluding hydrogens is 354 g/mol. The Bertz CT molecular complexity index is 1620. The van der Waals surface area contributed by atoms with E-state index in [0.717, 1.165) is 5.75 Å². The standard InChI is InChI=1S/C27H17NO/c1-29-20-14-23-21-10-16-6-2-4-8-18(16)12-25(21)28-26-13-19-9-5-3-7-17(19)11-22(26)24(15-20)27(23)28/h2-15H,1H3. The van der Waals surface area contributed by atoms with Gasteiger partial charge >= 0.3 is 0 Å². The molecule has 0 radical (unpaired) electrons. The van der Waals surface area contributed by atoms with Crippen LogP contribution in [0.3, 0.4) is 0 Å². The zero-order valence-corrected chi connectivity index (χ0v) is 15.9.